The fourth-order valence-corrected chi connectivity index (χ4v) is 4.88. The van der Waals surface area contributed by atoms with Crippen LogP contribution in [0.3, 0.4) is 0 Å². The minimum absolute atomic E-state index is 0.0730. The summed E-state index contributed by atoms with van der Waals surface area (Å²) in [5.41, 5.74) is 3.72. The average Bonchev–Trinajstić information content (AvgIpc) is 3.52. The lowest BCUT2D eigenvalue weighted by atomic mass is 9.88. The van der Waals surface area contributed by atoms with Gasteiger partial charge in [0.2, 0.25) is 5.91 Å². The van der Waals surface area contributed by atoms with E-state index in [2.05, 4.69) is 38.8 Å². The first kappa shape index (κ1) is 21.4. The van der Waals surface area contributed by atoms with E-state index in [4.69, 9.17) is 4.98 Å². The second-order valence-corrected chi connectivity index (χ2v) is 9.48. The Morgan fingerprint density at radius 1 is 1.14 bits per heavy atom. The highest BCUT2D eigenvalue weighted by Gasteiger charge is 2.27. The van der Waals surface area contributed by atoms with Crippen molar-refractivity contribution in [2.45, 2.75) is 44.1 Å². The van der Waals surface area contributed by atoms with Gasteiger partial charge in [-0.3, -0.25) is 14.9 Å². The van der Waals surface area contributed by atoms with E-state index in [1.54, 1.807) is 16.8 Å². The monoisotopic (exact) mass is 467 g/mol. The zero-order valence-corrected chi connectivity index (χ0v) is 19.2. The normalized spacial score (nSPS) is 19.9. The third kappa shape index (κ3) is 4.23. The Kier molecular flexibility index (Phi) is 5.21. The molecule has 2 amide bonds. The maximum atomic E-state index is 12.1. The molecular formula is C26H25N7O2. The second-order valence-electron chi connectivity index (χ2n) is 9.48. The molecule has 0 atom stereocenters. The van der Waals surface area contributed by atoms with Crippen molar-refractivity contribution >= 4 is 35.2 Å². The molecule has 35 heavy (non-hydrogen) atoms. The Balaban J connectivity index is 1.30. The summed E-state index contributed by atoms with van der Waals surface area (Å²) in [7, 11) is 0. The zero-order chi connectivity index (χ0) is 23.9. The molecule has 3 aliphatic rings. The number of rotatable bonds is 5. The number of carbonyl (C=O) groups is 2. The molecule has 1 saturated carbocycles. The highest BCUT2D eigenvalue weighted by atomic mass is 16.2. The Morgan fingerprint density at radius 2 is 1.97 bits per heavy atom. The van der Waals surface area contributed by atoms with Gasteiger partial charge < -0.3 is 10.2 Å². The van der Waals surface area contributed by atoms with Crippen LogP contribution in [0.15, 0.2) is 42.1 Å². The zero-order valence-electron chi connectivity index (χ0n) is 19.2. The molecule has 0 unspecified atom stereocenters. The second kappa shape index (κ2) is 8.55. The molecule has 176 valence electrons. The summed E-state index contributed by atoms with van der Waals surface area (Å²) in [6.07, 6.45) is 7.70. The topological polar surface area (TPSA) is 115 Å². The summed E-state index contributed by atoms with van der Waals surface area (Å²) in [4.78, 5) is 30.9. The van der Waals surface area contributed by atoms with Gasteiger partial charge >= 0.3 is 0 Å². The van der Waals surface area contributed by atoms with Gasteiger partial charge in [0.15, 0.2) is 5.65 Å². The SMILES string of the molecule is N#Cc1cccc(C2CCN(c3cc(NC4CC4)n4ncc(/C=C5\CC(=O)NC5=O)c4n3)CC2)c1. The fourth-order valence-electron chi connectivity index (χ4n) is 4.88. The predicted molar refractivity (Wildman–Crippen MR) is 131 cm³/mol. The van der Waals surface area contributed by atoms with Crippen LogP contribution >= 0.6 is 0 Å². The lowest BCUT2D eigenvalue weighted by molar-refractivity contribution is -0.124. The van der Waals surface area contributed by atoms with Crippen LogP contribution in [-0.4, -0.2) is 45.5 Å². The Bertz CT molecular complexity index is 1400. The Morgan fingerprint density at radius 3 is 2.69 bits per heavy atom. The molecule has 0 radical (unpaired) electrons. The number of fused-ring (bicyclic) bond motifs is 1. The van der Waals surface area contributed by atoms with Crippen LogP contribution in [0.25, 0.3) is 11.7 Å². The minimum Gasteiger partial charge on any atom is -0.367 e. The molecule has 1 aromatic carbocycles. The number of imide groups is 1. The van der Waals surface area contributed by atoms with Gasteiger partial charge in [-0.25, -0.2) is 4.98 Å². The first-order chi connectivity index (χ1) is 17.1. The first-order valence-electron chi connectivity index (χ1n) is 12.0. The van der Waals surface area contributed by atoms with Gasteiger partial charge in [0.05, 0.1) is 24.3 Å². The lowest BCUT2D eigenvalue weighted by Crippen LogP contribution is -2.33. The predicted octanol–water partition coefficient (Wildman–Crippen LogP) is 2.99. The van der Waals surface area contributed by atoms with E-state index in [1.165, 1.54) is 5.56 Å². The number of hydrogen-bond acceptors (Lipinski definition) is 7. The smallest absolute Gasteiger partial charge is 0.254 e. The molecule has 4 heterocycles. The number of nitrogens with zero attached hydrogens (tertiary/aromatic N) is 5. The largest absolute Gasteiger partial charge is 0.367 e. The molecule has 0 bridgehead atoms. The van der Waals surface area contributed by atoms with Crippen LogP contribution in [0.4, 0.5) is 11.6 Å². The quantitative estimate of drug-likeness (QED) is 0.438. The Labute approximate surface area is 202 Å². The van der Waals surface area contributed by atoms with E-state index >= 15 is 0 Å². The molecule has 3 aromatic rings. The molecule has 3 fully saturated rings. The van der Waals surface area contributed by atoms with Crippen LogP contribution in [0.5, 0.6) is 0 Å². The maximum absolute atomic E-state index is 12.1. The molecule has 9 heteroatoms. The van der Waals surface area contributed by atoms with E-state index in [0.29, 0.717) is 34.3 Å². The van der Waals surface area contributed by atoms with Crippen molar-refractivity contribution in [1.29, 1.82) is 5.26 Å². The number of piperidine rings is 1. The molecule has 2 N–H and O–H groups in total. The van der Waals surface area contributed by atoms with Gasteiger partial charge in [-0.1, -0.05) is 12.1 Å². The van der Waals surface area contributed by atoms with Crippen LogP contribution in [0.1, 0.15) is 54.7 Å². The summed E-state index contributed by atoms with van der Waals surface area (Å²) >= 11 is 0. The number of nitriles is 1. The van der Waals surface area contributed by atoms with Gasteiger partial charge in [0, 0.05) is 36.3 Å². The van der Waals surface area contributed by atoms with Crippen molar-refractivity contribution in [3.05, 3.63) is 58.8 Å². The van der Waals surface area contributed by atoms with Gasteiger partial charge in [-0.2, -0.15) is 14.9 Å². The third-order valence-electron chi connectivity index (χ3n) is 6.95. The van der Waals surface area contributed by atoms with Crippen molar-refractivity contribution in [3.63, 3.8) is 0 Å². The van der Waals surface area contributed by atoms with Crippen LogP contribution < -0.4 is 15.5 Å². The molecule has 2 saturated heterocycles. The van der Waals surface area contributed by atoms with Gasteiger partial charge in [-0.15, -0.1) is 0 Å². The summed E-state index contributed by atoms with van der Waals surface area (Å²) in [5.74, 6) is 1.53. The molecular weight excluding hydrogens is 442 g/mol. The van der Waals surface area contributed by atoms with Crippen LogP contribution in [-0.2, 0) is 9.59 Å². The van der Waals surface area contributed by atoms with E-state index in [1.807, 2.05) is 18.2 Å². The number of aromatic nitrogens is 3. The van der Waals surface area contributed by atoms with Crippen molar-refractivity contribution < 1.29 is 9.59 Å². The Hall–Kier alpha value is -4.19. The number of hydrogen-bond donors (Lipinski definition) is 2. The number of nitrogens with one attached hydrogen (secondary N) is 2. The maximum Gasteiger partial charge on any atom is 0.254 e. The minimum atomic E-state index is -0.357. The fraction of sp³-hybridized carbons (Fsp3) is 0.346. The molecule has 6 rings (SSSR count). The lowest BCUT2D eigenvalue weighted by Gasteiger charge is -2.33. The van der Waals surface area contributed by atoms with Crippen LogP contribution in [0, 0.1) is 11.3 Å². The van der Waals surface area contributed by atoms with Crippen LogP contribution in [0.2, 0.25) is 0 Å². The van der Waals surface area contributed by atoms with Gasteiger partial charge in [0.1, 0.15) is 11.6 Å². The molecule has 0 spiro atoms. The summed E-state index contributed by atoms with van der Waals surface area (Å²) < 4.78 is 1.78. The number of benzene rings is 1. The van der Waals surface area contributed by atoms with Crippen molar-refractivity contribution in [2.24, 2.45) is 0 Å². The van der Waals surface area contributed by atoms with Gasteiger partial charge in [0.25, 0.3) is 5.91 Å². The van der Waals surface area contributed by atoms with Crippen molar-refractivity contribution in [3.8, 4) is 6.07 Å². The average molecular weight is 468 g/mol. The van der Waals surface area contributed by atoms with Crippen molar-refractivity contribution in [2.75, 3.05) is 23.3 Å². The van der Waals surface area contributed by atoms with E-state index in [-0.39, 0.29) is 18.2 Å². The highest BCUT2D eigenvalue weighted by Crippen LogP contribution is 2.33. The summed E-state index contributed by atoms with van der Waals surface area (Å²) in [6.45, 7) is 1.71. The summed E-state index contributed by atoms with van der Waals surface area (Å²) in [6, 6.07) is 12.6. The number of anilines is 2. The third-order valence-corrected chi connectivity index (χ3v) is 6.95. The molecule has 2 aliphatic heterocycles. The first-order valence-corrected chi connectivity index (χ1v) is 12.0. The highest BCUT2D eigenvalue weighted by molar-refractivity contribution is 6.15. The number of carbonyl (C=O) groups excluding carboxylic acids is 2. The standard InChI is InChI=1S/C26H25N7O2/c27-14-16-2-1-3-18(10-16)17-6-8-32(9-7-17)22-13-23(29-21-4-5-21)33-25(30-22)20(15-28-33)11-19-12-24(34)31-26(19)35/h1-3,10-11,13,15,17,21,29H,4-9,12H2,(H,31,34,35)/b19-11+. The molecule has 9 nitrogen and oxygen atoms in total. The number of amides is 2. The van der Waals surface area contributed by atoms with E-state index < -0.39 is 0 Å². The van der Waals surface area contributed by atoms with E-state index in [0.717, 1.165) is 50.4 Å². The summed E-state index contributed by atoms with van der Waals surface area (Å²) in [5, 5.41) is 19.6. The van der Waals surface area contributed by atoms with Crippen molar-refractivity contribution in [1.82, 2.24) is 19.9 Å². The molecule has 1 aliphatic carbocycles. The molecule has 2 aromatic heterocycles. The van der Waals surface area contributed by atoms with Gasteiger partial charge in [-0.05, 0) is 55.4 Å². The van der Waals surface area contributed by atoms with E-state index in [9.17, 15) is 14.9 Å².